The van der Waals surface area contributed by atoms with Crippen LogP contribution in [0.2, 0.25) is 0 Å². The van der Waals surface area contributed by atoms with Gasteiger partial charge in [-0.15, -0.1) is 0 Å². The van der Waals surface area contributed by atoms with Crippen LogP contribution in [0.1, 0.15) is 11.1 Å². The summed E-state index contributed by atoms with van der Waals surface area (Å²) in [5.41, 5.74) is 1.43. The van der Waals surface area contributed by atoms with Crippen LogP contribution in [-0.4, -0.2) is 0 Å². The Morgan fingerprint density at radius 3 is 2.50 bits per heavy atom. The van der Waals surface area contributed by atoms with E-state index < -0.39 is 11.6 Å². The molecule has 2 aromatic rings. The molecule has 1 nitrogen and oxygen atoms in total. The lowest BCUT2D eigenvalue weighted by Crippen LogP contribution is -1.86. The van der Waals surface area contributed by atoms with E-state index in [4.69, 9.17) is 5.26 Å². The molecule has 18 heavy (non-hydrogen) atoms. The van der Waals surface area contributed by atoms with Gasteiger partial charge in [0.25, 0.3) is 0 Å². The molecule has 4 heteroatoms. The molecule has 0 aliphatic rings. The minimum Gasteiger partial charge on any atom is -0.207 e. The fourth-order valence-corrected chi connectivity index (χ4v) is 2.43. The van der Waals surface area contributed by atoms with Crippen molar-refractivity contribution in [3.63, 3.8) is 0 Å². The summed E-state index contributed by atoms with van der Waals surface area (Å²) in [7, 11) is 0. The average Bonchev–Trinajstić information content (AvgIpc) is 2.33. The van der Waals surface area contributed by atoms with E-state index in [1.54, 1.807) is 12.1 Å². The second-order valence-electron chi connectivity index (χ2n) is 3.77. The van der Waals surface area contributed by atoms with E-state index in [-0.39, 0.29) is 0 Å². The molecular formula is C14H9F2NS. The Balaban J connectivity index is 2.29. The third-order valence-corrected chi connectivity index (χ3v) is 3.48. The Morgan fingerprint density at radius 1 is 1.11 bits per heavy atom. The molecule has 0 spiro atoms. The van der Waals surface area contributed by atoms with Gasteiger partial charge in [0.05, 0.1) is 11.6 Å². The fraction of sp³-hybridized carbons (Fsp3) is 0.0714. The van der Waals surface area contributed by atoms with Gasteiger partial charge < -0.3 is 0 Å². The summed E-state index contributed by atoms with van der Waals surface area (Å²) in [6.45, 7) is 1.82. The van der Waals surface area contributed by atoms with Gasteiger partial charge in [0, 0.05) is 15.9 Å². The number of hydrogen-bond acceptors (Lipinski definition) is 2. The lowest BCUT2D eigenvalue weighted by atomic mass is 10.1. The summed E-state index contributed by atoms with van der Waals surface area (Å²) in [6, 6.07) is 10.8. The molecular weight excluding hydrogens is 252 g/mol. The monoisotopic (exact) mass is 261 g/mol. The molecule has 0 unspecified atom stereocenters. The van der Waals surface area contributed by atoms with Crippen LogP contribution >= 0.6 is 11.8 Å². The maximum Gasteiger partial charge on any atom is 0.140 e. The molecule has 0 aliphatic carbocycles. The van der Waals surface area contributed by atoms with E-state index in [1.807, 2.05) is 13.0 Å². The Kier molecular flexibility index (Phi) is 3.63. The van der Waals surface area contributed by atoms with Crippen molar-refractivity contribution >= 4 is 11.8 Å². The maximum atomic E-state index is 13.5. The second-order valence-corrected chi connectivity index (χ2v) is 4.88. The molecule has 0 aliphatic heterocycles. The van der Waals surface area contributed by atoms with Gasteiger partial charge in [-0.1, -0.05) is 11.8 Å². The molecule has 0 saturated carbocycles. The third-order valence-electron chi connectivity index (χ3n) is 2.44. The Hall–Kier alpha value is -1.86. The normalized spacial score (nSPS) is 10.1. The van der Waals surface area contributed by atoms with Crippen LogP contribution in [0, 0.1) is 29.9 Å². The maximum absolute atomic E-state index is 13.5. The molecule has 90 valence electrons. The van der Waals surface area contributed by atoms with Crippen LogP contribution in [0.25, 0.3) is 0 Å². The van der Waals surface area contributed by atoms with Crippen molar-refractivity contribution in [1.29, 1.82) is 5.26 Å². The topological polar surface area (TPSA) is 23.8 Å². The molecule has 0 heterocycles. The van der Waals surface area contributed by atoms with E-state index in [2.05, 4.69) is 6.07 Å². The Morgan fingerprint density at radius 2 is 1.89 bits per heavy atom. The molecule has 2 aromatic carbocycles. The average molecular weight is 261 g/mol. The summed E-state index contributed by atoms with van der Waals surface area (Å²) in [5.74, 6) is -1.17. The van der Waals surface area contributed by atoms with Crippen LogP contribution in [0.15, 0.2) is 46.2 Å². The van der Waals surface area contributed by atoms with Crippen molar-refractivity contribution in [1.82, 2.24) is 0 Å². The van der Waals surface area contributed by atoms with Crippen molar-refractivity contribution in [2.75, 3.05) is 0 Å². The van der Waals surface area contributed by atoms with Crippen LogP contribution in [-0.2, 0) is 0 Å². The summed E-state index contributed by atoms with van der Waals surface area (Å²) < 4.78 is 26.2. The highest BCUT2D eigenvalue weighted by Crippen LogP contribution is 2.31. The minimum atomic E-state index is -0.590. The van der Waals surface area contributed by atoms with Gasteiger partial charge in [-0.3, -0.25) is 0 Å². The first kappa shape index (κ1) is 12.6. The lowest BCUT2D eigenvalue weighted by molar-refractivity contribution is 0.565. The zero-order valence-corrected chi connectivity index (χ0v) is 10.4. The molecule has 0 radical (unpaired) electrons. The number of rotatable bonds is 2. The highest BCUT2D eigenvalue weighted by atomic mass is 32.2. The number of benzene rings is 2. The van der Waals surface area contributed by atoms with Crippen LogP contribution in [0.4, 0.5) is 8.78 Å². The predicted molar refractivity (Wildman–Crippen MR) is 66.4 cm³/mol. The van der Waals surface area contributed by atoms with Gasteiger partial charge >= 0.3 is 0 Å². The largest absolute Gasteiger partial charge is 0.207 e. The Bertz CT molecular complexity index is 632. The predicted octanol–water partition coefficient (Wildman–Crippen LogP) is 4.30. The van der Waals surface area contributed by atoms with Gasteiger partial charge in [0.2, 0.25) is 0 Å². The van der Waals surface area contributed by atoms with Gasteiger partial charge in [-0.2, -0.15) is 5.26 Å². The number of halogens is 2. The second kappa shape index (κ2) is 5.19. The van der Waals surface area contributed by atoms with Crippen molar-refractivity contribution in [3.05, 3.63) is 59.2 Å². The van der Waals surface area contributed by atoms with Crippen molar-refractivity contribution < 1.29 is 8.78 Å². The number of hydrogen-bond donors (Lipinski definition) is 0. The first-order valence-corrected chi connectivity index (χ1v) is 6.05. The van der Waals surface area contributed by atoms with Gasteiger partial charge in [-0.05, 0) is 42.8 Å². The molecule has 0 saturated heterocycles. The summed E-state index contributed by atoms with van der Waals surface area (Å²) in [5, 5.41) is 8.82. The fourth-order valence-electron chi connectivity index (χ4n) is 1.51. The molecule has 0 aromatic heterocycles. The van der Waals surface area contributed by atoms with Crippen LogP contribution in [0.3, 0.4) is 0 Å². The Labute approximate surface area is 108 Å². The number of nitriles is 1. The van der Waals surface area contributed by atoms with Crippen LogP contribution < -0.4 is 0 Å². The molecule has 0 N–H and O–H groups in total. The first-order valence-electron chi connectivity index (χ1n) is 5.24. The third kappa shape index (κ3) is 2.69. The standard InChI is InChI=1S/C14H9F2NS/c1-9-6-12(4-2-10(9)8-17)18-14-5-3-11(15)7-13(14)16/h2-7H,1H3. The van der Waals surface area contributed by atoms with Gasteiger partial charge in [0.15, 0.2) is 0 Å². The SMILES string of the molecule is Cc1cc(Sc2ccc(F)cc2F)ccc1C#N. The molecule has 0 bridgehead atoms. The molecule has 2 rings (SSSR count). The molecule has 0 atom stereocenters. The summed E-state index contributed by atoms with van der Waals surface area (Å²) in [4.78, 5) is 1.18. The van der Waals surface area contributed by atoms with Crippen molar-refractivity contribution in [3.8, 4) is 6.07 Å². The molecule has 0 fully saturated rings. The van der Waals surface area contributed by atoms with Crippen molar-refractivity contribution in [2.24, 2.45) is 0 Å². The summed E-state index contributed by atoms with van der Waals surface area (Å²) >= 11 is 1.21. The van der Waals surface area contributed by atoms with Gasteiger partial charge in [0.1, 0.15) is 11.6 Å². The quantitative estimate of drug-likeness (QED) is 0.805. The zero-order chi connectivity index (χ0) is 13.1. The molecule has 0 amide bonds. The van der Waals surface area contributed by atoms with E-state index in [1.165, 1.54) is 23.9 Å². The first-order chi connectivity index (χ1) is 8.60. The number of aryl methyl sites for hydroxylation is 1. The highest BCUT2D eigenvalue weighted by molar-refractivity contribution is 7.99. The minimum absolute atomic E-state index is 0.362. The zero-order valence-electron chi connectivity index (χ0n) is 9.58. The van der Waals surface area contributed by atoms with E-state index in [9.17, 15) is 8.78 Å². The highest BCUT2D eigenvalue weighted by Gasteiger charge is 2.07. The smallest absolute Gasteiger partial charge is 0.140 e. The summed E-state index contributed by atoms with van der Waals surface area (Å²) in [6.07, 6.45) is 0. The van der Waals surface area contributed by atoms with E-state index in [0.29, 0.717) is 10.5 Å². The van der Waals surface area contributed by atoms with Crippen molar-refractivity contribution in [2.45, 2.75) is 16.7 Å². The number of nitrogens with zero attached hydrogens (tertiary/aromatic N) is 1. The van der Waals surface area contributed by atoms with E-state index in [0.717, 1.165) is 16.5 Å². The lowest BCUT2D eigenvalue weighted by Gasteiger charge is -2.05. The van der Waals surface area contributed by atoms with E-state index >= 15 is 0 Å². The van der Waals surface area contributed by atoms with Gasteiger partial charge in [-0.25, -0.2) is 8.78 Å². The van der Waals surface area contributed by atoms with Crippen LogP contribution in [0.5, 0.6) is 0 Å².